The van der Waals surface area contributed by atoms with E-state index in [1.165, 1.54) is 16.4 Å². The number of benzene rings is 1. The Morgan fingerprint density at radius 1 is 1.11 bits per heavy atom. The molecule has 1 aliphatic heterocycles. The Morgan fingerprint density at radius 2 is 1.85 bits per heavy atom. The molecule has 11 heteroatoms. The number of anilines is 1. The van der Waals surface area contributed by atoms with Crippen molar-refractivity contribution in [3.63, 3.8) is 0 Å². The average molecular weight is 405 g/mol. The molecule has 3 heterocycles. The van der Waals surface area contributed by atoms with E-state index < -0.39 is 10.0 Å². The summed E-state index contributed by atoms with van der Waals surface area (Å²) < 4.78 is 32.2. The third-order valence-corrected chi connectivity index (χ3v) is 6.63. The minimum atomic E-state index is -3.80. The van der Waals surface area contributed by atoms with Crippen LogP contribution in [0.5, 0.6) is 0 Å². The number of sulfonamides is 1. The number of aromatic nitrogens is 3. The van der Waals surface area contributed by atoms with Gasteiger partial charge in [-0.25, -0.2) is 18.0 Å². The molecule has 1 aliphatic rings. The quantitative estimate of drug-likeness (QED) is 0.646. The van der Waals surface area contributed by atoms with E-state index in [-0.39, 0.29) is 34.0 Å². The fourth-order valence-electron chi connectivity index (χ4n) is 3.04. The molecule has 0 atom stereocenters. The Balaban J connectivity index is 1.60. The summed E-state index contributed by atoms with van der Waals surface area (Å²) in [6.07, 6.45) is 1.61. The number of fused-ring (bicyclic) bond motifs is 1. The summed E-state index contributed by atoms with van der Waals surface area (Å²) in [6.45, 7) is 1.33. The molecule has 1 saturated heterocycles. The van der Waals surface area contributed by atoms with Crippen LogP contribution in [-0.2, 0) is 10.0 Å². The number of halogens is 1. The summed E-state index contributed by atoms with van der Waals surface area (Å²) in [6, 6.07) is 8.36. The van der Waals surface area contributed by atoms with Gasteiger partial charge in [-0.15, -0.1) is 0 Å². The van der Waals surface area contributed by atoms with Crippen LogP contribution < -0.4 is 4.90 Å². The van der Waals surface area contributed by atoms with Crippen LogP contribution in [0.15, 0.2) is 40.0 Å². The summed E-state index contributed by atoms with van der Waals surface area (Å²) in [5, 5.41) is 16.9. The molecular formula is C16H13ClN6O3S. The van der Waals surface area contributed by atoms with Gasteiger partial charge in [0.1, 0.15) is 16.8 Å². The summed E-state index contributed by atoms with van der Waals surface area (Å²) in [4.78, 5) is 6.16. The van der Waals surface area contributed by atoms with Crippen molar-refractivity contribution in [3.8, 4) is 6.07 Å². The molecule has 9 nitrogen and oxygen atoms in total. The first-order chi connectivity index (χ1) is 13.0. The largest absolute Gasteiger partial charge is 0.353 e. The number of nitriles is 1. The Kier molecular flexibility index (Phi) is 4.43. The van der Waals surface area contributed by atoms with Gasteiger partial charge in [-0.05, 0) is 34.6 Å². The maximum absolute atomic E-state index is 13.1. The van der Waals surface area contributed by atoms with Gasteiger partial charge in [-0.3, -0.25) is 0 Å². The predicted molar refractivity (Wildman–Crippen MR) is 96.7 cm³/mol. The Bertz CT molecular complexity index is 1150. The van der Waals surface area contributed by atoms with E-state index in [0.717, 1.165) is 0 Å². The number of pyridine rings is 1. The van der Waals surface area contributed by atoms with Crippen LogP contribution in [0.3, 0.4) is 0 Å². The fourth-order valence-corrected chi connectivity index (χ4v) is 4.76. The standard InChI is InChI=1S/C16H13ClN6O3S/c17-12-3-4-13(15-14(12)20-26-21-15)27(24,25)23-8-6-22(7-9-23)16-11(10-18)2-1-5-19-16/h1-5H,6-9H2. The lowest BCUT2D eigenvalue weighted by molar-refractivity contribution is 0.315. The van der Waals surface area contributed by atoms with Crippen molar-refractivity contribution in [2.24, 2.45) is 0 Å². The second-order valence-corrected chi connectivity index (χ2v) is 8.20. The molecule has 1 fully saturated rings. The molecule has 0 N–H and O–H groups in total. The monoisotopic (exact) mass is 404 g/mol. The third kappa shape index (κ3) is 2.99. The van der Waals surface area contributed by atoms with E-state index in [1.807, 2.05) is 4.90 Å². The second kappa shape index (κ2) is 6.77. The van der Waals surface area contributed by atoms with Crippen molar-refractivity contribution >= 4 is 38.5 Å². The zero-order valence-corrected chi connectivity index (χ0v) is 15.5. The molecule has 0 radical (unpaired) electrons. The highest BCUT2D eigenvalue weighted by Gasteiger charge is 2.32. The number of piperazine rings is 1. The van der Waals surface area contributed by atoms with Crippen molar-refractivity contribution in [2.75, 3.05) is 31.1 Å². The van der Waals surface area contributed by atoms with Gasteiger partial charge in [-0.1, -0.05) is 11.6 Å². The molecular weight excluding hydrogens is 392 g/mol. The number of hydrogen-bond donors (Lipinski definition) is 0. The van der Waals surface area contributed by atoms with Gasteiger partial charge in [0.25, 0.3) is 0 Å². The summed E-state index contributed by atoms with van der Waals surface area (Å²) >= 11 is 6.01. The van der Waals surface area contributed by atoms with Crippen molar-refractivity contribution in [1.82, 2.24) is 19.6 Å². The second-order valence-electron chi connectivity index (χ2n) is 5.88. The van der Waals surface area contributed by atoms with E-state index in [0.29, 0.717) is 24.5 Å². The molecule has 0 spiro atoms. The van der Waals surface area contributed by atoms with E-state index in [2.05, 4.69) is 26.0 Å². The molecule has 3 aromatic rings. The summed E-state index contributed by atoms with van der Waals surface area (Å²) in [5.74, 6) is 0.562. The molecule has 138 valence electrons. The minimum Gasteiger partial charge on any atom is -0.353 e. The summed E-state index contributed by atoms with van der Waals surface area (Å²) in [7, 11) is -3.80. The van der Waals surface area contributed by atoms with Gasteiger partial charge < -0.3 is 4.90 Å². The highest BCUT2D eigenvalue weighted by molar-refractivity contribution is 7.89. The molecule has 0 saturated carbocycles. The molecule has 0 amide bonds. The summed E-state index contributed by atoms with van der Waals surface area (Å²) in [5.41, 5.74) is 0.784. The van der Waals surface area contributed by atoms with Crippen LogP contribution in [-0.4, -0.2) is 54.2 Å². The molecule has 2 aromatic heterocycles. The lowest BCUT2D eigenvalue weighted by Crippen LogP contribution is -2.49. The third-order valence-electron chi connectivity index (χ3n) is 4.39. The van der Waals surface area contributed by atoms with Crippen LogP contribution in [0.4, 0.5) is 5.82 Å². The number of hydrogen-bond acceptors (Lipinski definition) is 8. The highest BCUT2D eigenvalue weighted by Crippen LogP contribution is 2.29. The predicted octanol–water partition coefficient (Wildman–Crippen LogP) is 1.65. The van der Waals surface area contributed by atoms with Gasteiger partial charge in [0.05, 0.1) is 10.6 Å². The van der Waals surface area contributed by atoms with E-state index in [1.54, 1.807) is 18.3 Å². The normalized spacial score (nSPS) is 15.8. The topological polar surface area (TPSA) is 116 Å². The van der Waals surface area contributed by atoms with Crippen LogP contribution in [0.1, 0.15) is 5.56 Å². The first kappa shape index (κ1) is 17.7. The molecule has 0 aliphatic carbocycles. The van der Waals surface area contributed by atoms with Gasteiger partial charge in [0.2, 0.25) is 10.0 Å². The van der Waals surface area contributed by atoms with Crippen molar-refractivity contribution in [2.45, 2.75) is 4.90 Å². The van der Waals surface area contributed by atoms with E-state index in [9.17, 15) is 13.7 Å². The van der Waals surface area contributed by atoms with Crippen molar-refractivity contribution < 1.29 is 13.0 Å². The van der Waals surface area contributed by atoms with Gasteiger partial charge in [-0.2, -0.15) is 9.57 Å². The smallest absolute Gasteiger partial charge is 0.245 e. The number of rotatable bonds is 3. The maximum Gasteiger partial charge on any atom is 0.245 e. The minimum absolute atomic E-state index is 0.00662. The molecule has 0 unspecified atom stereocenters. The van der Waals surface area contributed by atoms with Crippen molar-refractivity contribution in [1.29, 1.82) is 5.26 Å². The zero-order chi connectivity index (χ0) is 19.0. The Labute approximate surface area is 159 Å². The maximum atomic E-state index is 13.1. The van der Waals surface area contributed by atoms with Gasteiger partial charge in [0.15, 0.2) is 11.0 Å². The van der Waals surface area contributed by atoms with Crippen LogP contribution >= 0.6 is 11.6 Å². The molecule has 0 bridgehead atoms. The van der Waals surface area contributed by atoms with Crippen LogP contribution in [0.25, 0.3) is 11.0 Å². The van der Waals surface area contributed by atoms with E-state index >= 15 is 0 Å². The van der Waals surface area contributed by atoms with Gasteiger partial charge >= 0.3 is 0 Å². The lowest BCUT2D eigenvalue weighted by atomic mass is 10.2. The molecule has 1 aromatic carbocycles. The van der Waals surface area contributed by atoms with Gasteiger partial charge in [0, 0.05) is 32.4 Å². The fraction of sp³-hybridized carbons (Fsp3) is 0.250. The Morgan fingerprint density at radius 3 is 2.59 bits per heavy atom. The lowest BCUT2D eigenvalue weighted by Gasteiger charge is -2.34. The van der Waals surface area contributed by atoms with Crippen LogP contribution in [0.2, 0.25) is 5.02 Å². The van der Waals surface area contributed by atoms with Crippen LogP contribution in [0, 0.1) is 11.3 Å². The number of nitrogens with zero attached hydrogens (tertiary/aromatic N) is 6. The van der Waals surface area contributed by atoms with Crippen molar-refractivity contribution in [3.05, 3.63) is 41.0 Å². The average Bonchev–Trinajstić information content (AvgIpc) is 3.19. The zero-order valence-electron chi connectivity index (χ0n) is 13.9. The molecule has 4 rings (SSSR count). The molecule has 27 heavy (non-hydrogen) atoms. The van der Waals surface area contributed by atoms with E-state index in [4.69, 9.17) is 11.6 Å². The first-order valence-corrected chi connectivity index (χ1v) is 9.85. The highest BCUT2D eigenvalue weighted by atomic mass is 35.5. The first-order valence-electron chi connectivity index (χ1n) is 8.03. The SMILES string of the molecule is N#Cc1cccnc1N1CCN(S(=O)(=O)c2ccc(Cl)c3nonc23)CC1. The Hall–Kier alpha value is -2.74.